The van der Waals surface area contributed by atoms with E-state index in [1.165, 1.54) is 23.1 Å². The Hall–Kier alpha value is -0.960. The van der Waals surface area contributed by atoms with Gasteiger partial charge in [0.2, 0.25) is 5.91 Å². The van der Waals surface area contributed by atoms with Crippen molar-refractivity contribution in [3.05, 3.63) is 28.8 Å². The van der Waals surface area contributed by atoms with Crippen LogP contribution in [0.15, 0.2) is 26.9 Å². The number of ether oxygens (including phenoxy) is 1. The van der Waals surface area contributed by atoms with Crippen LogP contribution >= 0.6 is 46.5 Å². The molecule has 1 amide bonds. The predicted octanol–water partition coefficient (Wildman–Crippen LogP) is 4.11. The molecule has 130 valence electrons. The van der Waals surface area contributed by atoms with Gasteiger partial charge in [-0.15, -0.1) is 10.2 Å². The van der Waals surface area contributed by atoms with Gasteiger partial charge in [0.25, 0.3) is 0 Å². The predicted molar refractivity (Wildman–Crippen MR) is 101 cm³/mol. The second-order valence-electron chi connectivity index (χ2n) is 4.73. The van der Waals surface area contributed by atoms with Crippen LogP contribution in [-0.4, -0.2) is 35.5 Å². The first-order valence-electron chi connectivity index (χ1n) is 7.30. The van der Waals surface area contributed by atoms with Crippen molar-refractivity contribution in [3.8, 4) is 5.75 Å². The van der Waals surface area contributed by atoms with Gasteiger partial charge in [-0.2, -0.15) is 0 Å². The molecule has 1 aromatic heterocycles. The van der Waals surface area contributed by atoms with E-state index in [1.54, 1.807) is 18.9 Å². The van der Waals surface area contributed by atoms with Gasteiger partial charge in [0.15, 0.2) is 8.68 Å². The van der Waals surface area contributed by atoms with Crippen molar-refractivity contribution < 1.29 is 9.53 Å². The molecule has 9 heteroatoms. The number of carbonyl (C=O) groups excluding carboxylic acids is 1. The number of nitrogens with zero attached hydrogens (tertiary/aromatic N) is 2. The summed E-state index contributed by atoms with van der Waals surface area (Å²) in [7, 11) is 1.60. The summed E-state index contributed by atoms with van der Waals surface area (Å²) in [5.74, 6) is 1.81. The first-order chi connectivity index (χ1) is 11.6. The van der Waals surface area contributed by atoms with Gasteiger partial charge < -0.3 is 10.1 Å². The first kappa shape index (κ1) is 19.4. The maximum absolute atomic E-state index is 11.6. The monoisotopic (exact) mass is 403 g/mol. The molecule has 1 N–H and O–H groups in total. The molecule has 24 heavy (non-hydrogen) atoms. The molecule has 0 aliphatic carbocycles. The Morgan fingerprint density at radius 2 is 2.08 bits per heavy atom. The lowest BCUT2D eigenvalue weighted by molar-refractivity contribution is -0.118. The standard InChI is InChI=1S/C15H18ClN3O2S3/c1-3-6-17-13(20)9-23-15-19-18-14(24-15)22-8-10-4-5-12(21-2)11(16)7-10/h4-5,7H,3,6,8-9H2,1-2H3,(H,17,20). The highest BCUT2D eigenvalue weighted by Crippen LogP contribution is 2.32. The Kier molecular flexibility index (Phi) is 8.17. The fourth-order valence-electron chi connectivity index (χ4n) is 1.70. The molecule has 0 saturated carbocycles. The van der Waals surface area contributed by atoms with Crippen molar-refractivity contribution in [2.75, 3.05) is 19.4 Å². The zero-order chi connectivity index (χ0) is 17.4. The van der Waals surface area contributed by atoms with Gasteiger partial charge >= 0.3 is 0 Å². The van der Waals surface area contributed by atoms with Crippen LogP contribution in [0.5, 0.6) is 5.75 Å². The third-order valence-corrected chi connectivity index (χ3v) is 6.42. The summed E-state index contributed by atoms with van der Waals surface area (Å²) < 4.78 is 6.82. The lowest BCUT2D eigenvalue weighted by Crippen LogP contribution is -2.25. The van der Waals surface area contributed by atoms with Gasteiger partial charge in [0.05, 0.1) is 17.9 Å². The molecule has 0 unspecified atom stereocenters. The molecule has 0 aliphatic heterocycles. The number of aromatic nitrogens is 2. The van der Waals surface area contributed by atoms with E-state index in [4.69, 9.17) is 16.3 Å². The van der Waals surface area contributed by atoms with Crippen LogP contribution in [0, 0.1) is 0 Å². The highest BCUT2D eigenvalue weighted by molar-refractivity contribution is 8.03. The van der Waals surface area contributed by atoms with E-state index in [1.807, 2.05) is 25.1 Å². The summed E-state index contributed by atoms with van der Waals surface area (Å²) in [5, 5.41) is 11.7. The number of nitrogens with one attached hydrogen (secondary N) is 1. The normalized spacial score (nSPS) is 10.6. The van der Waals surface area contributed by atoms with E-state index in [-0.39, 0.29) is 5.91 Å². The largest absolute Gasteiger partial charge is 0.495 e. The number of hydrogen-bond acceptors (Lipinski definition) is 7. The lowest BCUT2D eigenvalue weighted by atomic mass is 10.2. The summed E-state index contributed by atoms with van der Waals surface area (Å²) in [6, 6.07) is 5.73. The Balaban J connectivity index is 1.81. The number of halogens is 1. The van der Waals surface area contributed by atoms with Gasteiger partial charge in [0.1, 0.15) is 5.75 Å². The van der Waals surface area contributed by atoms with Gasteiger partial charge in [-0.25, -0.2) is 0 Å². The Morgan fingerprint density at radius 1 is 1.33 bits per heavy atom. The van der Waals surface area contributed by atoms with Gasteiger partial charge in [-0.05, 0) is 24.1 Å². The Labute approximate surface area is 158 Å². The molecular formula is C15H18ClN3O2S3. The zero-order valence-electron chi connectivity index (χ0n) is 13.4. The summed E-state index contributed by atoms with van der Waals surface area (Å²) in [6.07, 6.45) is 0.936. The van der Waals surface area contributed by atoms with Crippen molar-refractivity contribution in [2.45, 2.75) is 27.8 Å². The zero-order valence-corrected chi connectivity index (χ0v) is 16.6. The molecule has 0 radical (unpaired) electrons. The number of rotatable bonds is 9. The van der Waals surface area contributed by atoms with Crippen molar-refractivity contribution >= 4 is 52.4 Å². The fraction of sp³-hybridized carbons (Fsp3) is 0.400. The number of hydrogen-bond donors (Lipinski definition) is 1. The molecule has 1 aromatic carbocycles. The van der Waals surface area contributed by atoms with Crippen LogP contribution < -0.4 is 10.1 Å². The van der Waals surface area contributed by atoms with Crippen molar-refractivity contribution in [3.63, 3.8) is 0 Å². The SMILES string of the molecule is CCCNC(=O)CSc1nnc(SCc2ccc(OC)c(Cl)c2)s1. The van der Waals surface area contributed by atoms with Crippen LogP contribution in [0.4, 0.5) is 0 Å². The third-order valence-electron chi connectivity index (χ3n) is 2.87. The van der Waals surface area contributed by atoms with E-state index >= 15 is 0 Å². The maximum Gasteiger partial charge on any atom is 0.230 e. The minimum absolute atomic E-state index is 0.0270. The van der Waals surface area contributed by atoms with Crippen molar-refractivity contribution in [2.24, 2.45) is 0 Å². The van der Waals surface area contributed by atoms with Crippen LogP contribution in [0.1, 0.15) is 18.9 Å². The molecule has 0 fully saturated rings. The van der Waals surface area contributed by atoms with E-state index in [0.29, 0.717) is 23.1 Å². The van der Waals surface area contributed by atoms with E-state index < -0.39 is 0 Å². The molecule has 0 spiro atoms. The Morgan fingerprint density at radius 3 is 2.75 bits per heavy atom. The molecule has 2 rings (SSSR count). The number of amides is 1. The molecule has 0 atom stereocenters. The molecule has 1 heterocycles. The highest BCUT2D eigenvalue weighted by Gasteiger charge is 2.09. The number of benzene rings is 1. The topological polar surface area (TPSA) is 64.1 Å². The third kappa shape index (κ3) is 6.16. The molecular weight excluding hydrogens is 386 g/mol. The Bertz CT molecular complexity index is 682. The fourth-order valence-corrected chi connectivity index (χ4v) is 4.77. The van der Waals surface area contributed by atoms with Crippen molar-refractivity contribution in [1.29, 1.82) is 0 Å². The maximum atomic E-state index is 11.6. The van der Waals surface area contributed by atoms with Crippen LogP contribution in [0.2, 0.25) is 5.02 Å². The first-order valence-corrected chi connectivity index (χ1v) is 10.5. The van der Waals surface area contributed by atoms with E-state index in [0.717, 1.165) is 26.4 Å². The molecule has 5 nitrogen and oxygen atoms in total. The van der Waals surface area contributed by atoms with Gasteiger partial charge in [0, 0.05) is 12.3 Å². The number of methoxy groups -OCH3 is 1. The average molecular weight is 404 g/mol. The quantitative estimate of drug-likeness (QED) is 0.635. The number of thioether (sulfide) groups is 2. The highest BCUT2D eigenvalue weighted by atomic mass is 35.5. The summed E-state index contributed by atoms with van der Waals surface area (Å²) in [6.45, 7) is 2.73. The smallest absolute Gasteiger partial charge is 0.230 e. The van der Waals surface area contributed by atoms with Gasteiger partial charge in [-0.3, -0.25) is 4.79 Å². The molecule has 2 aromatic rings. The van der Waals surface area contributed by atoms with Crippen molar-refractivity contribution in [1.82, 2.24) is 15.5 Å². The molecule has 0 aliphatic rings. The van der Waals surface area contributed by atoms with E-state index in [9.17, 15) is 4.79 Å². The lowest BCUT2D eigenvalue weighted by Gasteiger charge is -2.04. The second kappa shape index (κ2) is 10.1. The van der Waals surface area contributed by atoms with E-state index in [2.05, 4.69) is 15.5 Å². The summed E-state index contributed by atoms with van der Waals surface area (Å²) in [4.78, 5) is 11.6. The number of carbonyl (C=O) groups is 1. The minimum atomic E-state index is 0.0270. The average Bonchev–Trinajstić information content (AvgIpc) is 3.04. The van der Waals surface area contributed by atoms with Crippen LogP contribution in [-0.2, 0) is 10.5 Å². The minimum Gasteiger partial charge on any atom is -0.495 e. The summed E-state index contributed by atoms with van der Waals surface area (Å²) in [5.41, 5.74) is 1.09. The van der Waals surface area contributed by atoms with Crippen LogP contribution in [0.3, 0.4) is 0 Å². The molecule has 0 bridgehead atoms. The summed E-state index contributed by atoms with van der Waals surface area (Å²) >= 11 is 10.6. The van der Waals surface area contributed by atoms with Crippen LogP contribution in [0.25, 0.3) is 0 Å². The molecule has 0 saturated heterocycles. The van der Waals surface area contributed by atoms with Gasteiger partial charge in [-0.1, -0.05) is 59.5 Å². The second-order valence-corrected chi connectivity index (χ2v) is 8.56.